The summed E-state index contributed by atoms with van der Waals surface area (Å²) >= 11 is 0. The molecule has 0 aromatic heterocycles. The monoisotopic (exact) mass is 208 g/mol. The number of rotatable bonds is 3. The average molecular weight is 208 g/mol. The minimum Gasteiger partial charge on any atom is -0.394 e. The third-order valence-electron chi connectivity index (χ3n) is 2.78. The van der Waals surface area contributed by atoms with Crippen LogP contribution in [0.1, 0.15) is 12.8 Å². The van der Waals surface area contributed by atoms with Crippen molar-refractivity contribution in [3.05, 3.63) is 0 Å². The lowest BCUT2D eigenvalue weighted by Gasteiger charge is -2.34. The van der Waals surface area contributed by atoms with E-state index in [4.69, 9.17) is 10.2 Å². The van der Waals surface area contributed by atoms with Crippen LogP contribution < -0.4 is 0 Å². The van der Waals surface area contributed by atoms with Gasteiger partial charge in [0.25, 0.3) is 0 Å². The summed E-state index contributed by atoms with van der Waals surface area (Å²) in [5.41, 5.74) is -1.94. The van der Waals surface area contributed by atoms with E-state index < -0.39 is 36.6 Å². The van der Waals surface area contributed by atoms with E-state index in [1.165, 1.54) is 0 Å². The molecule has 6 nitrogen and oxygen atoms in total. The van der Waals surface area contributed by atoms with Gasteiger partial charge >= 0.3 is 0 Å². The number of aliphatic hydroxyl groups is 6. The van der Waals surface area contributed by atoms with Gasteiger partial charge in [-0.15, -0.1) is 0 Å². The molecule has 1 rings (SSSR count). The fourth-order valence-corrected chi connectivity index (χ4v) is 1.77. The molecule has 0 radical (unpaired) electrons. The molecule has 0 amide bonds. The first kappa shape index (κ1) is 11.8. The standard InChI is InChI=1S/C8H16O6/c9-3-5(11)7(13)8(14)2-1-4(10)6(8)12/h4-7,9-14H,1-3H2/t4?,5-,6+,7+,8+/m0/s1. The van der Waals surface area contributed by atoms with Crippen molar-refractivity contribution in [3.63, 3.8) is 0 Å². The van der Waals surface area contributed by atoms with Crippen LogP contribution in [0, 0.1) is 0 Å². The third-order valence-corrected chi connectivity index (χ3v) is 2.78. The first-order valence-electron chi connectivity index (χ1n) is 4.49. The molecule has 1 fully saturated rings. The largest absolute Gasteiger partial charge is 0.394 e. The van der Waals surface area contributed by atoms with E-state index in [0.29, 0.717) is 0 Å². The lowest BCUT2D eigenvalue weighted by atomic mass is 9.89. The molecule has 1 aliphatic carbocycles. The van der Waals surface area contributed by atoms with Crippen LogP contribution in [0.25, 0.3) is 0 Å². The molecule has 5 atom stereocenters. The highest BCUT2D eigenvalue weighted by Gasteiger charge is 2.52. The molecule has 0 saturated heterocycles. The Morgan fingerprint density at radius 3 is 2.21 bits per heavy atom. The van der Waals surface area contributed by atoms with E-state index in [2.05, 4.69) is 0 Å². The molecule has 1 unspecified atom stereocenters. The van der Waals surface area contributed by atoms with E-state index in [1.807, 2.05) is 0 Å². The zero-order valence-electron chi connectivity index (χ0n) is 7.61. The van der Waals surface area contributed by atoms with E-state index in [0.717, 1.165) is 0 Å². The first-order valence-corrected chi connectivity index (χ1v) is 4.49. The van der Waals surface area contributed by atoms with Gasteiger partial charge in [0.1, 0.15) is 23.9 Å². The van der Waals surface area contributed by atoms with Gasteiger partial charge in [0.2, 0.25) is 0 Å². The zero-order valence-corrected chi connectivity index (χ0v) is 7.61. The maximum atomic E-state index is 9.77. The van der Waals surface area contributed by atoms with E-state index in [-0.39, 0.29) is 12.8 Å². The SMILES string of the molecule is OC[C@H](O)[C@@H](O)[C@@]1(O)CCC(O)[C@H]1O. The lowest BCUT2D eigenvalue weighted by Crippen LogP contribution is -2.56. The maximum Gasteiger partial charge on any atom is 0.121 e. The summed E-state index contributed by atoms with van der Waals surface area (Å²) in [6.07, 6.45) is -5.68. The highest BCUT2D eigenvalue weighted by atomic mass is 16.4. The van der Waals surface area contributed by atoms with Gasteiger partial charge in [0, 0.05) is 0 Å². The van der Waals surface area contributed by atoms with Crippen LogP contribution >= 0.6 is 0 Å². The molecular weight excluding hydrogens is 192 g/mol. The summed E-state index contributed by atoms with van der Waals surface area (Å²) < 4.78 is 0. The molecule has 0 heterocycles. The number of hydrogen-bond donors (Lipinski definition) is 6. The highest BCUT2D eigenvalue weighted by Crippen LogP contribution is 2.34. The lowest BCUT2D eigenvalue weighted by molar-refractivity contribution is -0.181. The Bertz CT molecular complexity index is 198. The van der Waals surface area contributed by atoms with Gasteiger partial charge in [0.05, 0.1) is 12.7 Å². The molecule has 0 aromatic rings. The average Bonchev–Trinajstić information content (AvgIpc) is 2.45. The molecule has 6 N–H and O–H groups in total. The van der Waals surface area contributed by atoms with Crippen molar-refractivity contribution in [2.75, 3.05) is 6.61 Å². The number of hydrogen-bond acceptors (Lipinski definition) is 6. The van der Waals surface area contributed by atoms with Gasteiger partial charge < -0.3 is 30.6 Å². The summed E-state index contributed by atoms with van der Waals surface area (Å²) in [6.45, 7) is -0.716. The van der Waals surface area contributed by atoms with Crippen molar-refractivity contribution < 1.29 is 30.6 Å². The molecule has 1 aliphatic rings. The van der Waals surface area contributed by atoms with E-state index >= 15 is 0 Å². The normalized spacial score (nSPS) is 42.4. The Morgan fingerprint density at radius 2 is 1.86 bits per heavy atom. The van der Waals surface area contributed by atoms with Crippen LogP contribution in [0.2, 0.25) is 0 Å². The fraction of sp³-hybridized carbons (Fsp3) is 1.00. The topological polar surface area (TPSA) is 121 Å². The molecule has 1 saturated carbocycles. The van der Waals surface area contributed by atoms with Crippen molar-refractivity contribution in [1.29, 1.82) is 0 Å². The van der Waals surface area contributed by atoms with Crippen LogP contribution in [-0.4, -0.2) is 67.3 Å². The molecular formula is C8H16O6. The Labute approximate surface area is 81.1 Å². The number of aliphatic hydroxyl groups excluding tert-OH is 5. The van der Waals surface area contributed by atoms with Gasteiger partial charge in [-0.3, -0.25) is 0 Å². The molecule has 0 bridgehead atoms. The highest BCUT2D eigenvalue weighted by molar-refractivity contribution is 5.04. The second-order valence-corrected chi connectivity index (χ2v) is 3.74. The smallest absolute Gasteiger partial charge is 0.121 e. The van der Waals surface area contributed by atoms with Gasteiger partial charge in [0.15, 0.2) is 0 Å². The molecule has 6 heteroatoms. The van der Waals surface area contributed by atoms with Crippen LogP contribution in [0.5, 0.6) is 0 Å². The molecule has 0 aromatic carbocycles. The Balaban J connectivity index is 2.74. The zero-order chi connectivity index (χ0) is 10.9. The molecule has 84 valence electrons. The summed E-state index contributed by atoms with van der Waals surface area (Å²) in [4.78, 5) is 0. The molecule has 14 heavy (non-hydrogen) atoms. The Hall–Kier alpha value is -0.240. The van der Waals surface area contributed by atoms with Gasteiger partial charge in [-0.1, -0.05) is 0 Å². The summed E-state index contributed by atoms with van der Waals surface area (Å²) in [5, 5.41) is 55.4. The van der Waals surface area contributed by atoms with Crippen molar-refractivity contribution in [2.45, 2.75) is 42.9 Å². The van der Waals surface area contributed by atoms with Crippen LogP contribution in [0.4, 0.5) is 0 Å². The summed E-state index contributed by atoms with van der Waals surface area (Å²) in [6, 6.07) is 0. The van der Waals surface area contributed by atoms with Gasteiger partial charge in [-0.25, -0.2) is 0 Å². The van der Waals surface area contributed by atoms with Crippen molar-refractivity contribution >= 4 is 0 Å². The van der Waals surface area contributed by atoms with Crippen LogP contribution in [0.3, 0.4) is 0 Å². The van der Waals surface area contributed by atoms with E-state index in [9.17, 15) is 20.4 Å². The van der Waals surface area contributed by atoms with Crippen LogP contribution in [0.15, 0.2) is 0 Å². The van der Waals surface area contributed by atoms with Gasteiger partial charge in [-0.05, 0) is 12.8 Å². The maximum absolute atomic E-state index is 9.77. The molecule has 0 spiro atoms. The third kappa shape index (κ3) is 1.77. The predicted molar refractivity (Wildman–Crippen MR) is 45.3 cm³/mol. The van der Waals surface area contributed by atoms with Gasteiger partial charge in [-0.2, -0.15) is 0 Å². The Kier molecular flexibility index (Phi) is 3.46. The minimum absolute atomic E-state index is 0.0203. The quantitative estimate of drug-likeness (QED) is 0.293. The van der Waals surface area contributed by atoms with E-state index in [1.54, 1.807) is 0 Å². The minimum atomic E-state index is -1.94. The second kappa shape index (κ2) is 4.09. The molecule has 0 aliphatic heterocycles. The summed E-state index contributed by atoms with van der Waals surface area (Å²) in [5.74, 6) is 0. The van der Waals surface area contributed by atoms with Crippen LogP contribution in [-0.2, 0) is 0 Å². The summed E-state index contributed by atoms with van der Waals surface area (Å²) in [7, 11) is 0. The van der Waals surface area contributed by atoms with Crippen molar-refractivity contribution in [1.82, 2.24) is 0 Å². The first-order chi connectivity index (χ1) is 6.43. The van der Waals surface area contributed by atoms with Crippen molar-refractivity contribution in [2.24, 2.45) is 0 Å². The predicted octanol–water partition coefficient (Wildman–Crippen LogP) is -3.05. The fourth-order valence-electron chi connectivity index (χ4n) is 1.77. The second-order valence-electron chi connectivity index (χ2n) is 3.74. The Morgan fingerprint density at radius 1 is 1.29 bits per heavy atom. The van der Waals surface area contributed by atoms with Crippen molar-refractivity contribution in [3.8, 4) is 0 Å².